The summed E-state index contributed by atoms with van der Waals surface area (Å²) in [6.45, 7) is 1.11. The molecule has 32 heavy (non-hydrogen) atoms. The molecule has 6 nitrogen and oxygen atoms in total. The second-order valence-corrected chi connectivity index (χ2v) is 7.44. The van der Waals surface area contributed by atoms with Gasteiger partial charge >= 0.3 is 5.97 Å². The Balaban J connectivity index is 1.17. The van der Waals surface area contributed by atoms with Crippen molar-refractivity contribution in [3.05, 3.63) is 90.1 Å². The van der Waals surface area contributed by atoms with Crippen LogP contribution >= 0.6 is 0 Å². The lowest BCUT2D eigenvalue weighted by Crippen LogP contribution is -2.15. The highest BCUT2D eigenvalue weighted by Gasteiger charge is 2.15. The fourth-order valence-corrected chi connectivity index (χ4v) is 3.53. The Bertz CT molecular complexity index is 1210. The van der Waals surface area contributed by atoms with Crippen LogP contribution in [0.15, 0.2) is 83.4 Å². The van der Waals surface area contributed by atoms with Crippen molar-refractivity contribution in [2.45, 2.75) is 13.0 Å². The van der Waals surface area contributed by atoms with Crippen molar-refractivity contribution in [1.82, 2.24) is 5.16 Å². The van der Waals surface area contributed by atoms with Gasteiger partial charge in [0.2, 0.25) is 0 Å². The van der Waals surface area contributed by atoms with Gasteiger partial charge in [-0.15, -0.1) is 0 Å². The van der Waals surface area contributed by atoms with E-state index < -0.39 is 0 Å². The first kappa shape index (κ1) is 19.9. The molecule has 0 unspecified atom stereocenters. The van der Waals surface area contributed by atoms with Crippen LogP contribution in [0.2, 0.25) is 0 Å². The molecule has 0 atom stereocenters. The fraction of sp³-hybridized carbons (Fsp3) is 0.154. The van der Waals surface area contributed by atoms with Gasteiger partial charge < -0.3 is 18.7 Å². The van der Waals surface area contributed by atoms with Crippen molar-refractivity contribution >= 4 is 5.97 Å². The molecule has 6 heteroatoms. The van der Waals surface area contributed by atoms with E-state index in [-0.39, 0.29) is 19.0 Å². The summed E-state index contributed by atoms with van der Waals surface area (Å²) in [5.74, 6) is 1.65. The maximum Gasteiger partial charge on any atom is 0.310 e. The maximum atomic E-state index is 12.3. The van der Waals surface area contributed by atoms with E-state index in [0.717, 1.165) is 22.3 Å². The second-order valence-electron chi connectivity index (χ2n) is 7.44. The minimum atomic E-state index is -0.318. The number of hydrogen-bond acceptors (Lipinski definition) is 6. The lowest BCUT2D eigenvalue weighted by molar-refractivity contribution is -0.144. The molecule has 1 aliphatic heterocycles. The van der Waals surface area contributed by atoms with E-state index in [1.807, 2.05) is 60.7 Å². The number of carbonyl (C=O) groups is 1. The lowest BCUT2D eigenvalue weighted by Gasteiger charge is -2.18. The molecular weight excluding hydrogens is 406 g/mol. The molecule has 0 saturated heterocycles. The summed E-state index contributed by atoms with van der Waals surface area (Å²) in [5, 5.41) is 4.00. The van der Waals surface area contributed by atoms with Crippen LogP contribution in [0.25, 0.3) is 22.5 Å². The molecule has 0 aliphatic carbocycles. The largest absolute Gasteiger partial charge is 0.486 e. The SMILES string of the molecule is O=C(Cc1ccc(-c2ccccc2)cc1)OCc1cc(-c2ccc3c(c2)OCCO3)on1. The average molecular weight is 427 g/mol. The highest BCUT2D eigenvalue weighted by molar-refractivity contribution is 5.73. The van der Waals surface area contributed by atoms with Crippen molar-refractivity contribution in [2.75, 3.05) is 13.2 Å². The molecule has 4 aromatic rings. The Morgan fingerprint density at radius 1 is 0.812 bits per heavy atom. The van der Waals surface area contributed by atoms with Gasteiger partial charge in [-0.2, -0.15) is 0 Å². The van der Waals surface area contributed by atoms with Crippen LogP contribution in [0.1, 0.15) is 11.3 Å². The molecule has 0 bridgehead atoms. The van der Waals surface area contributed by atoms with Gasteiger partial charge in [0.15, 0.2) is 17.3 Å². The number of benzene rings is 3. The van der Waals surface area contributed by atoms with E-state index in [1.165, 1.54) is 0 Å². The standard InChI is InChI=1S/C26H21NO5/c28-26(14-18-6-8-20(9-7-18)19-4-2-1-3-5-19)31-17-22-16-24(32-27-22)21-10-11-23-25(15-21)30-13-12-29-23/h1-11,15-16H,12-14,17H2. The number of carbonyl (C=O) groups excluding carboxylic acids is 1. The second kappa shape index (κ2) is 8.98. The molecular formula is C26H21NO5. The number of fused-ring (bicyclic) bond motifs is 1. The Hall–Kier alpha value is -4.06. The van der Waals surface area contributed by atoms with Crippen molar-refractivity contribution in [1.29, 1.82) is 0 Å². The summed E-state index contributed by atoms with van der Waals surface area (Å²) in [7, 11) is 0. The number of aromatic nitrogens is 1. The Morgan fingerprint density at radius 3 is 2.34 bits per heavy atom. The van der Waals surface area contributed by atoms with Crippen LogP contribution in [-0.4, -0.2) is 24.3 Å². The van der Waals surface area contributed by atoms with Gasteiger partial charge in [-0.3, -0.25) is 4.79 Å². The number of nitrogens with zero attached hydrogens (tertiary/aromatic N) is 1. The number of hydrogen-bond donors (Lipinski definition) is 0. The number of ether oxygens (including phenoxy) is 3. The van der Waals surface area contributed by atoms with E-state index in [0.29, 0.717) is 36.2 Å². The third-order valence-corrected chi connectivity index (χ3v) is 5.18. The summed E-state index contributed by atoms with van der Waals surface area (Å²) in [5.41, 5.74) is 4.51. The summed E-state index contributed by atoms with van der Waals surface area (Å²) in [4.78, 5) is 12.3. The van der Waals surface area contributed by atoms with Crippen LogP contribution in [-0.2, 0) is 22.6 Å². The molecule has 5 rings (SSSR count). The zero-order valence-electron chi connectivity index (χ0n) is 17.3. The van der Waals surface area contributed by atoms with Gasteiger partial charge in [0, 0.05) is 11.6 Å². The van der Waals surface area contributed by atoms with Crippen LogP contribution in [0.4, 0.5) is 0 Å². The molecule has 0 spiro atoms. The smallest absolute Gasteiger partial charge is 0.310 e. The van der Waals surface area contributed by atoms with Gasteiger partial charge in [0.05, 0.1) is 6.42 Å². The summed E-state index contributed by atoms with van der Waals surface area (Å²) in [6, 6.07) is 25.3. The molecule has 0 amide bonds. The van der Waals surface area contributed by atoms with E-state index in [9.17, 15) is 4.79 Å². The van der Waals surface area contributed by atoms with Crippen LogP contribution < -0.4 is 9.47 Å². The van der Waals surface area contributed by atoms with Crippen molar-refractivity contribution in [3.8, 4) is 33.9 Å². The Labute approximate surface area is 185 Å². The highest BCUT2D eigenvalue weighted by Crippen LogP contribution is 2.34. The predicted octanol–water partition coefficient (Wildman–Crippen LogP) is 5.07. The van der Waals surface area contributed by atoms with Gasteiger partial charge in [0.25, 0.3) is 0 Å². The zero-order valence-corrected chi connectivity index (χ0v) is 17.3. The maximum absolute atomic E-state index is 12.3. The van der Waals surface area contributed by atoms with Crippen LogP contribution in [0.3, 0.4) is 0 Å². The first-order valence-corrected chi connectivity index (χ1v) is 10.4. The molecule has 0 N–H and O–H groups in total. The van der Waals surface area contributed by atoms with E-state index in [1.54, 1.807) is 6.07 Å². The molecule has 3 aromatic carbocycles. The molecule has 0 radical (unpaired) electrons. The summed E-state index contributed by atoms with van der Waals surface area (Å²) in [6.07, 6.45) is 0.196. The minimum Gasteiger partial charge on any atom is -0.486 e. The highest BCUT2D eigenvalue weighted by atomic mass is 16.6. The summed E-state index contributed by atoms with van der Waals surface area (Å²) >= 11 is 0. The van der Waals surface area contributed by atoms with Gasteiger partial charge in [-0.25, -0.2) is 0 Å². The molecule has 1 aliphatic rings. The molecule has 2 heterocycles. The van der Waals surface area contributed by atoms with E-state index in [2.05, 4.69) is 17.3 Å². The Kier molecular flexibility index (Phi) is 5.58. The van der Waals surface area contributed by atoms with Crippen molar-refractivity contribution < 1.29 is 23.5 Å². The number of rotatable bonds is 6. The third-order valence-electron chi connectivity index (χ3n) is 5.18. The molecule has 160 valence electrons. The van der Waals surface area contributed by atoms with Gasteiger partial charge in [-0.1, -0.05) is 59.8 Å². The molecule has 0 saturated carbocycles. The quantitative estimate of drug-likeness (QED) is 0.400. The van der Waals surface area contributed by atoms with E-state index >= 15 is 0 Å². The monoisotopic (exact) mass is 427 g/mol. The first-order chi connectivity index (χ1) is 15.7. The topological polar surface area (TPSA) is 70.8 Å². The first-order valence-electron chi connectivity index (χ1n) is 10.4. The minimum absolute atomic E-state index is 0.0506. The van der Waals surface area contributed by atoms with Crippen molar-refractivity contribution in [2.24, 2.45) is 0 Å². The van der Waals surface area contributed by atoms with E-state index in [4.69, 9.17) is 18.7 Å². The lowest BCUT2D eigenvalue weighted by atomic mass is 10.0. The summed E-state index contributed by atoms with van der Waals surface area (Å²) < 4.78 is 21.9. The van der Waals surface area contributed by atoms with Crippen molar-refractivity contribution in [3.63, 3.8) is 0 Å². The van der Waals surface area contributed by atoms with Gasteiger partial charge in [-0.05, 0) is 34.9 Å². The van der Waals surface area contributed by atoms with Gasteiger partial charge in [0.1, 0.15) is 25.5 Å². The van der Waals surface area contributed by atoms with Crippen LogP contribution in [0, 0.1) is 0 Å². The average Bonchev–Trinajstić information content (AvgIpc) is 3.33. The van der Waals surface area contributed by atoms with Crippen LogP contribution in [0.5, 0.6) is 11.5 Å². The molecule has 1 aromatic heterocycles. The predicted molar refractivity (Wildman–Crippen MR) is 118 cm³/mol. The third kappa shape index (κ3) is 4.49. The Morgan fingerprint density at radius 2 is 1.53 bits per heavy atom. The fourth-order valence-electron chi connectivity index (χ4n) is 3.53. The zero-order chi connectivity index (χ0) is 21.8. The molecule has 0 fully saturated rings. The normalized spacial score (nSPS) is 12.4. The number of esters is 1.